The monoisotopic (exact) mass is 412 g/mol. The number of allylic oxidation sites excluding steroid dienone is 5. The summed E-state index contributed by atoms with van der Waals surface area (Å²) in [5.74, 6) is 3.38. The lowest BCUT2D eigenvalue weighted by atomic mass is 9.61. The van der Waals surface area contributed by atoms with Crippen LogP contribution in [0.15, 0.2) is 47.6 Å². The summed E-state index contributed by atoms with van der Waals surface area (Å²) in [5.41, 5.74) is 3.77. The topological polar surface area (TPSA) is 40.5 Å². The molecule has 3 rings (SSSR count). The smallest absolute Gasteiger partial charge is 0.0811 e. The summed E-state index contributed by atoms with van der Waals surface area (Å²) < 4.78 is 0. The lowest BCUT2D eigenvalue weighted by Crippen LogP contribution is -2.35. The third-order valence-electron chi connectivity index (χ3n) is 8.71. The predicted molar refractivity (Wildman–Crippen MR) is 127 cm³/mol. The molecule has 3 aliphatic carbocycles. The summed E-state index contributed by atoms with van der Waals surface area (Å²) in [6, 6.07) is 0. The second-order valence-electron chi connectivity index (χ2n) is 11.0. The molecule has 0 amide bonds. The van der Waals surface area contributed by atoms with Crippen molar-refractivity contribution >= 4 is 0 Å². The van der Waals surface area contributed by atoms with Gasteiger partial charge < -0.3 is 10.2 Å². The van der Waals surface area contributed by atoms with E-state index >= 15 is 0 Å². The molecule has 2 N–H and O–H groups in total. The highest BCUT2D eigenvalue weighted by Crippen LogP contribution is 2.59. The molecule has 0 spiro atoms. The van der Waals surface area contributed by atoms with E-state index in [0.29, 0.717) is 41.9 Å². The molecule has 30 heavy (non-hydrogen) atoms. The van der Waals surface area contributed by atoms with Crippen molar-refractivity contribution in [2.45, 2.75) is 91.8 Å². The third-order valence-corrected chi connectivity index (χ3v) is 8.71. The van der Waals surface area contributed by atoms with E-state index in [2.05, 4.69) is 65.5 Å². The molecule has 0 heterocycles. The fourth-order valence-electron chi connectivity index (χ4n) is 6.32. The molecule has 7 atom stereocenters. The average molecular weight is 413 g/mol. The Labute approximate surface area is 184 Å². The molecule has 2 heteroatoms. The van der Waals surface area contributed by atoms with Gasteiger partial charge in [0.15, 0.2) is 0 Å². The van der Waals surface area contributed by atoms with Crippen LogP contribution in [0.25, 0.3) is 0 Å². The minimum absolute atomic E-state index is 0.385. The first-order chi connectivity index (χ1) is 14.1. The van der Waals surface area contributed by atoms with Crippen LogP contribution in [0.1, 0.15) is 79.6 Å². The van der Waals surface area contributed by atoms with Crippen LogP contribution in [-0.4, -0.2) is 22.4 Å². The molecule has 2 nitrogen and oxygen atoms in total. The molecule has 0 unspecified atom stereocenters. The van der Waals surface area contributed by atoms with Gasteiger partial charge >= 0.3 is 0 Å². The SMILES string of the molecule is C=C1/C(=C/C=C2CCC[C@]3(C)[C@@H]([C@H](C)/C=C/[C@H](C)C(C)C)CC[C@@H]23)C[C@@H](O)C[C@@H]1O. The van der Waals surface area contributed by atoms with Crippen molar-refractivity contribution in [2.24, 2.45) is 35.0 Å². The van der Waals surface area contributed by atoms with Crippen LogP contribution in [0.4, 0.5) is 0 Å². The molecule has 168 valence electrons. The van der Waals surface area contributed by atoms with E-state index in [0.717, 1.165) is 17.1 Å². The first-order valence-corrected chi connectivity index (χ1v) is 12.3. The fourth-order valence-corrected chi connectivity index (χ4v) is 6.32. The summed E-state index contributed by atoms with van der Waals surface area (Å²) in [6.45, 7) is 16.0. The van der Waals surface area contributed by atoms with E-state index in [1.807, 2.05) is 0 Å². The van der Waals surface area contributed by atoms with E-state index in [1.165, 1.54) is 32.1 Å². The lowest BCUT2D eigenvalue weighted by Gasteiger charge is -2.44. The molecule has 0 radical (unpaired) electrons. The zero-order valence-electron chi connectivity index (χ0n) is 19.9. The maximum absolute atomic E-state index is 10.1. The van der Waals surface area contributed by atoms with Crippen molar-refractivity contribution < 1.29 is 10.2 Å². The molecule has 3 fully saturated rings. The van der Waals surface area contributed by atoms with E-state index in [1.54, 1.807) is 5.57 Å². The van der Waals surface area contributed by atoms with Gasteiger partial charge in [-0.2, -0.15) is 0 Å². The van der Waals surface area contributed by atoms with E-state index in [4.69, 9.17) is 0 Å². The summed E-state index contributed by atoms with van der Waals surface area (Å²) in [4.78, 5) is 0. The Balaban J connectivity index is 1.76. The maximum Gasteiger partial charge on any atom is 0.0811 e. The zero-order valence-corrected chi connectivity index (χ0v) is 19.9. The number of aliphatic hydroxyl groups is 2. The molecule has 0 aromatic carbocycles. The normalized spacial score (nSPS) is 39.8. The summed E-state index contributed by atoms with van der Waals surface area (Å²) >= 11 is 0. The minimum Gasteiger partial charge on any atom is -0.393 e. The highest BCUT2D eigenvalue weighted by molar-refractivity contribution is 5.38. The van der Waals surface area contributed by atoms with Crippen LogP contribution in [0.5, 0.6) is 0 Å². The molecule has 0 aliphatic heterocycles. The van der Waals surface area contributed by atoms with Gasteiger partial charge in [-0.15, -0.1) is 0 Å². The second-order valence-corrected chi connectivity index (χ2v) is 11.0. The fraction of sp³-hybridized carbons (Fsp3) is 0.714. The number of aliphatic hydroxyl groups excluding tert-OH is 2. The highest BCUT2D eigenvalue weighted by Gasteiger charge is 2.50. The van der Waals surface area contributed by atoms with Crippen molar-refractivity contribution in [1.29, 1.82) is 0 Å². The van der Waals surface area contributed by atoms with Crippen molar-refractivity contribution in [2.75, 3.05) is 0 Å². The Bertz CT molecular complexity index is 712. The molecule has 3 saturated carbocycles. The van der Waals surface area contributed by atoms with Gasteiger partial charge in [0.1, 0.15) is 0 Å². The van der Waals surface area contributed by atoms with Crippen molar-refractivity contribution in [3.8, 4) is 0 Å². The minimum atomic E-state index is -0.605. The Morgan fingerprint density at radius 3 is 2.50 bits per heavy atom. The van der Waals surface area contributed by atoms with Gasteiger partial charge in [-0.05, 0) is 84.7 Å². The van der Waals surface area contributed by atoms with Crippen molar-refractivity contribution in [1.82, 2.24) is 0 Å². The molecular formula is C28H44O2. The van der Waals surface area contributed by atoms with Crippen molar-refractivity contribution in [3.63, 3.8) is 0 Å². The van der Waals surface area contributed by atoms with Gasteiger partial charge in [0.2, 0.25) is 0 Å². The largest absolute Gasteiger partial charge is 0.393 e. The number of fused-ring (bicyclic) bond motifs is 1. The van der Waals surface area contributed by atoms with Crippen LogP contribution in [0, 0.1) is 35.0 Å². The maximum atomic E-state index is 10.1. The van der Waals surface area contributed by atoms with E-state index < -0.39 is 12.2 Å². The summed E-state index contributed by atoms with van der Waals surface area (Å²) in [6.07, 6.45) is 15.8. The Kier molecular flexibility index (Phi) is 7.51. The molecule has 0 bridgehead atoms. The number of rotatable bonds is 5. The Morgan fingerprint density at radius 1 is 1.07 bits per heavy atom. The Morgan fingerprint density at radius 2 is 1.80 bits per heavy atom. The first kappa shape index (κ1) is 23.5. The van der Waals surface area contributed by atoms with Crippen LogP contribution in [-0.2, 0) is 0 Å². The van der Waals surface area contributed by atoms with E-state index in [-0.39, 0.29) is 0 Å². The number of hydrogen-bond acceptors (Lipinski definition) is 2. The number of hydrogen-bond donors (Lipinski definition) is 2. The summed E-state index contributed by atoms with van der Waals surface area (Å²) in [5, 5.41) is 20.2. The molecular weight excluding hydrogens is 368 g/mol. The standard InChI is InChI=1S/C28H44O2/c1-18(2)19(3)9-10-20(4)25-13-14-26-22(8-7-15-28(25,26)6)11-12-23-16-24(29)17-27(30)21(23)5/h9-12,18-20,24-27,29-30H,5,7-8,13-17H2,1-4,6H3/b10-9+,22-11?,23-12+/t19-,20+,24+,25+,26-,27-,28+/m0/s1. The van der Waals surface area contributed by atoms with Crippen LogP contribution in [0.3, 0.4) is 0 Å². The average Bonchev–Trinajstić information content (AvgIpc) is 3.04. The zero-order chi connectivity index (χ0) is 22.1. The molecule has 3 aliphatic rings. The predicted octanol–water partition coefficient (Wildman–Crippen LogP) is 6.61. The quantitative estimate of drug-likeness (QED) is 0.499. The first-order valence-electron chi connectivity index (χ1n) is 12.3. The van der Waals surface area contributed by atoms with Gasteiger partial charge in [-0.25, -0.2) is 0 Å². The van der Waals surface area contributed by atoms with Gasteiger partial charge in [0.25, 0.3) is 0 Å². The third kappa shape index (κ3) is 4.86. The molecule has 0 aromatic rings. The second kappa shape index (κ2) is 9.57. The van der Waals surface area contributed by atoms with Crippen molar-refractivity contribution in [3.05, 3.63) is 47.6 Å². The van der Waals surface area contributed by atoms with Gasteiger partial charge in [0, 0.05) is 6.42 Å². The van der Waals surface area contributed by atoms with Gasteiger partial charge in [-0.3, -0.25) is 0 Å². The van der Waals surface area contributed by atoms with Crippen LogP contribution in [0.2, 0.25) is 0 Å². The lowest BCUT2D eigenvalue weighted by molar-refractivity contribution is 0.0862. The van der Waals surface area contributed by atoms with Crippen LogP contribution < -0.4 is 0 Å². The Hall–Kier alpha value is -1.12. The highest BCUT2D eigenvalue weighted by atomic mass is 16.3. The van der Waals surface area contributed by atoms with Gasteiger partial charge in [-0.1, -0.05) is 71.1 Å². The molecule has 0 aromatic heterocycles. The van der Waals surface area contributed by atoms with Crippen LogP contribution >= 0.6 is 0 Å². The molecule has 0 saturated heterocycles. The summed E-state index contributed by atoms with van der Waals surface area (Å²) in [7, 11) is 0. The van der Waals surface area contributed by atoms with E-state index in [9.17, 15) is 10.2 Å². The van der Waals surface area contributed by atoms with Gasteiger partial charge in [0.05, 0.1) is 12.2 Å².